The fourth-order valence-corrected chi connectivity index (χ4v) is 4.26. The number of anilines is 1. The second-order valence-corrected chi connectivity index (χ2v) is 9.31. The number of carbonyl (C=O) groups is 2. The lowest BCUT2D eigenvalue weighted by Crippen LogP contribution is -2.33. The van der Waals surface area contributed by atoms with Gasteiger partial charge in [0.15, 0.2) is 11.0 Å². The zero-order valence-electron chi connectivity index (χ0n) is 19.1. The molecule has 0 saturated heterocycles. The smallest absolute Gasteiger partial charge is 0.251 e. The lowest BCUT2D eigenvalue weighted by atomic mass is 10.0. The molecule has 1 atom stereocenters. The van der Waals surface area contributed by atoms with Crippen LogP contribution < -0.4 is 10.6 Å². The SMILES string of the molecule is CCn1c(SCC(=O)Nc2ccccc2Cl)nnc1[C@H](NC(=O)c1ccc(C)cc1)C(C)C. The molecule has 7 nitrogen and oxygen atoms in total. The minimum absolute atomic E-state index is 0.0928. The van der Waals surface area contributed by atoms with Crippen LogP contribution in [0.15, 0.2) is 53.7 Å². The molecule has 9 heteroatoms. The predicted molar refractivity (Wildman–Crippen MR) is 133 cm³/mol. The van der Waals surface area contributed by atoms with Crippen LogP contribution in [0.25, 0.3) is 0 Å². The van der Waals surface area contributed by atoms with Crippen LogP contribution in [0.4, 0.5) is 5.69 Å². The number of para-hydroxylation sites is 1. The van der Waals surface area contributed by atoms with Crippen LogP contribution in [0.2, 0.25) is 5.02 Å². The molecule has 0 fully saturated rings. The van der Waals surface area contributed by atoms with Crippen molar-refractivity contribution in [3.8, 4) is 0 Å². The van der Waals surface area contributed by atoms with Gasteiger partial charge >= 0.3 is 0 Å². The quantitative estimate of drug-likeness (QED) is 0.411. The summed E-state index contributed by atoms with van der Waals surface area (Å²) < 4.78 is 1.94. The third-order valence-electron chi connectivity index (χ3n) is 5.09. The van der Waals surface area contributed by atoms with Crippen molar-refractivity contribution in [1.29, 1.82) is 0 Å². The van der Waals surface area contributed by atoms with Gasteiger partial charge in [0.25, 0.3) is 5.91 Å². The van der Waals surface area contributed by atoms with Crippen molar-refractivity contribution in [3.05, 3.63) is 70.5 Å². The van der Waals surface area contributed by atoms with E-state index in [9.17, 15) is 9.59 Å². The van der Waals surface area contributed by atoms with Crippen LogP contribution in [-0.4, -0.2) is 32.3 Å². The van der Waals surface area contributed by atoms with Gasteiger partial charge in [-0.05, 0) is 44.0 Å². The average molecular weight is 486 g/mol. The molecule has 174 valence electrons. The monoisotopic (exact) mass is 485 g/mol. The van der Waals surface area contributed by atoms with Gasteiger partial charge in [-0.1, -0.05) is 67.0 Å². The van der Waals surface area contributed by atoms with Gasteiger partial charge in [-0.2, -0.15) is 0 Å². The molecule has 0 unspecified atom stereocenters. The maximum absolute atomic E-state index is 12.8. The molecule has 1 aromatic heterocycles. The van der Waals surface area contributed by atoms with E-state index in [0.717, 1.165) is 5.56 Å². The van der Waals surface area contributed by atoms with Crippen molar-refractivity contribution in [1.82, 2.24) is 20.1 Å². The second kappa shape index (κ2) is 11.3. The predicted octanol–water partition coefficient (Wildman–Crippen LogP) is 5.12. The highest BCUT2D eigenvalue weighted by molar-refractivity contribution is 7.99. The number of benzene rings is 2. The molecule has 0 aliphatic carbocycles. The highest BCUT2D eigenvalue weighted by Gasteiger charge is 2.26. The van der Waals surface area contributed by atoms with Crippen molar-refractivity contribution >= 4 is 40.9 Å². The zero-order chi connectivity index (χ0) is 24.0. The summed E-state index contributed by atoms with van der Waals surface area (Å²) in [4.78, 5) is 25.2. The number of aryl methyl sites for hydroxylation is 1. The van der Waals surface area contributed by atoms with E-state index in [2.05, 4.69) is 20.8 Å². The minimum Gasteiger partial charge on any atom is -0.342 e. The first-order valence-electron chi connectivity index (χ1n) is 10.8. The second-order valence-electron chi connectivity index (χ2n) is 7.96. The summed E-state index contributed by atoms with van der Waals surface area (Å²) in [6.07, 6.45) is 0. The van der Waals surface area contributed by atoms with E-state index in [1.54, 1.807) is 18.2 Å². The summed E-state index contributed by atoms with van der Waals surface area (Å²) in [5.74, 6) is 0.573. The van der Waals surface area contributed by atoms with E-state index in [-0.39, 0.29) is 29.5 Å². The number of hydrogen-bond acceptors (Lipinski definition) is 5. The van der Waals surface area contributed by atoms with E-state index >= 15 is 0 Å². The molecule has 2 amide bonds. The molecule has 0 spiro atoms. The molecule has 0 saturated carbocycles. The number of hydrogen-bond donors (Lipinski definition) is 2. The highest BCUT2D eigenvalue weighted by atomic mass is 35.5. The molecule has 2 N–H and O–H groups in total. The Balaban J connectivity index is 1.71. The Bertz CT molecular complexity index is 1110. The molecular weight excluding hydrogens is 458 g/mol. The molecule has 3 rings (SSSR count). The Labute approximate surface area is 203 Å². The van der Waals surface area contributed by atoms with Gasteiger partial charge in [-0.15, -0.1) is 10.2 Å². The molecule has 0 aliphatic rings. The molecule has 0 aliphatic heterocycles. The Morgan fingerprint density at radius 1 is 1.09 bits per heavy atom. The number of nitrogens with zero attached hydrogens (tertiary/aromatic N) is 3. The largest absolute Gasteiger partial charge is 0.342 e. The topological polar surface area (TPSA) is 88.9 Å². The number of rotatable bonds is 9. The average Bonchev–Trinajstić information content (AvgIpc) is 3.20. The van der Waals surface area contributed by atoms with E-state index in [0.29, 0.717) is 33.8 Å². The van der Waals surface area contributed by atoms with Crippen molar-refractivity contribution in [3.63, 3.8) is 0 Å². The Morgan fingerprint density at radius 2 is 1.79 bits per heavy atom. The summed E-state index contributed by atoms with van der Waals surface area (Å²) in [6, 6.07) is 14.2. The van der Waals surface area contributed by atoms with Gasteiger partial charge in [0.1, 0.15) is 0 Å². The summed E-state index contributed by atoms with van der Waals surface area (Å²) in [5.41, 5.74) is 2.26. The van der Waals surface area contributed by atoms with Crippen LogP contribution >= 0.6 is 23.4 Å². The maximum Gasteiger partial charge on any atom is 0.251 e. The molecule has 0 radical (unpaired) electrons. The lowest BCUT2D eigenvalue weighted by molar-refractivity contribution is -0.113. The number of carbonyl (C=O) groups excluding carboxylic acids is 2. The lowest BCUT2D eigenvalue weighted by Gasteiger charge is -2.22. The molecule has 2 aromatic carbocycles. The molecule has 33 heavy (non-hydrogen) atoms. The first-order chi connectivity index (χ1) is 15.8. The van der Waals surface area contributed by atoms with Crippen molar-refractivity contribution in [2.45, 2.75) is 45.4 Å². The van der Waals surface area contributed by atoms with Crippen LogP contribution in [0.3, 0.4) is 0 Å². The van der Waals surface area contributed by atoms with Gasteiger partial charge in [0, 0.05) is 12.1 Å². The first-order valence-corrected chi connectivity index (χ1v) is 12.1. The number of halogens is 1. The Morgan fingerprint density at radius 3 is 2.42 bits per heavy atom. The third kappa shape index (κ3) is 6.36. The maximum atomic E-state index is 12.8. The fourth-order valence-electron chi connectivity index (χ4n) is 3.27. The summed E-state index contributed by atoms with van der Waals surface area (Å²) in [5, 5.41) is 15.7. The first kappa shape index (κ1) is 24.8. The normalized spacial score (nSPS) is 11.9. The van der Waals surface area contributed by atoms with Gasteiger partial charge in [0.05, 0.1) is 22.5 Å². The summed E-state index contributed by atoms with van der Waals surface area (Å²) in [7, 11) is 0. The Hall–Kier alpha value is -2.84. The van der Waals surface area contributed by atoms with Gasteiger partial charge in [-0.25, -0.2) is 0 Å². The van der Waals surface area contributed by atoms with Crippen molar-refractivity contribution < 1.29 is 9.59 Å². The zero-order valence-corrected chi connectivity index (χ0v) is 20.7. The van der Waals surface area contributed by atoms with Gasteiger partial charge in [-0.3, -0.25) is 9.59 Å². The van der Waals surface area contributed by atoms with Crippen LogP contribution in [0.1, 0.15) is 48.6 Å². The van der Waals surface area contributed by atoms with Crippen molar-refractivity contribution in [2.75, 3.05) is 11.1 Å². The van der Waals surface area contributed by atoms with Gasteiger partial charge in [0.2, 0.25) is 5.91 Å². The number of thioether (sulfide) groups is 1. The number of amides is 2. The summed E-state index contributed by atoms with van der Waals surface area (Å²) in [6.45, 7) is 8.63. The standard InChI is InChI=1S/C24H28ClN5O2S/c1-5-30-22(21(15(2)3)27-23(32)17-12-10-16(4)11-13-17)28-29-24(30)33-14-20(31)26-19-9-7-6-8-18(19)25/h6-13,15,21H,5,14H2,1-4H3,(H,26,31)(H,27,32)/t21-/m1/s1. The molecular formula is C24H28ClN5O2S. The number of aromatic nitrogens is 3. The highest BCUT2D eigenvalue weighted by Crippen LogP contribution is 2.26. The van der Waals surface area contributed by atoms with Crippen LogP contribution in [0.5, 0.6) is 0 Å². The van der Waals surface area contributed by atoms with E-state index in [1.807, 2.05) is 62.6 Å². The molecule has 1 heterocycles. The van der Waals surface area contributed by atoms with E-state index in [4.69, 9.17) is 11.6 Å². The number of nitrogens with one attached hydrogen (secondary N) is 2. The fraction of sp³-hybridized carbons (Fsp3) is 0.333. The Kier molecular flexibility index (Phi) is 8.52. The van der Waals surface area contributed by atoms with Crippen LogP contribution in [-0.2, 0) is 11.3 Å². The summed E-state index contributed by atoms with van der Waals surface area (Å²) >= 11 is 7.41. The minimum atomic E-state index is -0.322. The van der Waals surface area contributed by atoms with Crippen LogP contribution in [0, 0.1) is 12.8 Å². The van der Waals surface area contributed by atoms with Gasteiger partial charge < -0.3 is 15.2 Å². The van der Waals surface area contributed by atoms with Crippen molar-refractivity contribution in [2.24, 2.45) is 5.92 Å². The molecule has 0 bridgehead atoms. The van der Waals surface area contributed by atoms with E-state index < -0.39 is 0 Å². The molecule has 3 aromatic rings. The third-order valence-corrected chi connectivity index (χ3v) is 6.38. The van der Waals surface area contributed by atoms with E-state index in [1.165, 1.54) is 11.8 Å².